The van der Waals surface area contributed by atoms with Gasteiger partial charge in [-0.1, -0.05) is 12.1 Å². The molecule has 0 unspecified atom stereocenters. The van der Waals surface area contributed by atoms with Crippen molar-refractivity contribution in [1.82, 2.24) is 0 Å². The van der Waals surface area contributed by atoms with Crippen molar-refractivity contribution in [3.63, 3.8) is 0 Å². The van der Waals surface area contributed by atoms with E-state index in [0.29, 0.717) is 5.75 Å². The van der Waals surface area contributed by atoms with Gasteiger partial charge in [0, 0.05) is 10.6 Å². The molecule has 0 saturated heterocycles. The number of aryl methyl sites for hydroxylation is 1. The van der Waals surface area contributed by atoms with Gasteiger partial charge < -0.3 is 14.6 Å². The smallest absolute Gasteiger partial charge is 0.341 e. The highest BCUT2D eigenvalue weighted by Gasteiger charge is 2.00. The number of hydrogen-bond donors (Lipinski definition) is 2. The number of hydrogen-bond acceptors (Lipinski definition) is 4. The molecule has 0 fully saturated rings. The maximum absolute atomic E-state index is 10.4. The second-order valence-corrected chi connectivity index (χ2v) is 5.11. The molecule has 0 bridgehead atoms. The van der Waals surface area contributed by atoms with Crippen LogP contribution in [0, 0.1) is 6.92 Å². The minimum Gasteiger partial charge on any atom is -0.482 e. The minimum absolute atomic E-state index is 0.325. The maximum Gasteiger partial charge on any atom is 0.341 e. The van der Waals surface area contributed by atoms with E-state index in [1.165, 1.54) is 17.5 Å². The Morgan fingerprint density at radius 1 is 1.25 bits per heavy atom. The second kappa shape index (κ2) is 6.86. The van der Waals surface area contributed by atoms with E-state index < -0.39 is 5.97 Å². The van der Waals surface area contributed by atoms with Crippen LogP contribution in [0.15, 0.2) is 53.4 Å². The predicted molar refractivity (Wildman–Crippen MR) is 80.2 cm³/mol. The zero-order chi connectivity index (χ0) is 14.4. The summed E-state index contributed by atoms with van der Waals surface area (Å²) in [5.41, 5.74) is 2.24. The number of benzene rings is 2. The molecule has 2 aromatic carbocycles. The molecule has 0 aromatic heterocycles. The largest absolute Gasteiger partial charge is 0.482 e. The molecule has 0 saturated carbocycles. The van der Waals surface area contributed by atoms with Gasteiger partial charge in [-0.05, 0) is 60.8 Å². The lowest BCUT2D eigenvalue weighted by Gasteiger charge is -2.07. The van der Waals surface area contributed by atoms with Crippen molar-refractivity contribution in [2.75, 3.05) is 11.3 Å². The topological polar surface area (TPSA) is 58.6 Å². The first-order valence-corrected chi connectivity index (χ1v) is 6.89. The van der Waals surface area contributed by atoms with Crippen LogP contribution in [0.1, 0.15) is 5.56 Å². The lowest BCUT2D eigenvalue weighted by atomic mass is 10.2. The predicted octanol–water partition coefficient (Wildman–Crippen LogP) is 3.58. The molecule has 4 nitrogen and oxygen atoms in total. The zero-order valence-corrected chi connectivity index (χ0v) is 11.8. The Kier molecular flexibility index (Phi) is 4.90. The first-order chi connectivity index (χ1) is 9.63. The Labute approximate surface area is 121 Å². The van der Waals surface area contributed by atoms with Crippen LogP contribution in [0.2, 0.25) is 0 Å². The third-order valence-electron chi connectivity index (χ3n) is 2.49. The Hall–Kier alpha value is -2.14. The molecule has 0 aliphatic carbocycles. The van der Waals surface area contributed by atoms with Crippen LogP contribution < -0.4 is 9.46 Å². The van der Waals surface area contributed by atoms with Crippen molar-refractivity contribution in [1.29, 1.82) is 0 Å². The fourth-order valence-corrected chi connectivity index (χ4v) is 2.21. The van der Waals surface area contributed by atoms with Crippen LogP contribution in [0.4, 0.5) is 5.69 Å². The number of carboxylic acid groups (broad SMARTS) is 1. The number of nitrogens with one attached hydrogen (secondary N) is 1. The molecule has 20 heavy (non-hydrogen) atoms. The van der Waals surface area contributed by atoms with Gasteiger partial charge in [0.05, 0.1) is 0 Å². The molecule has 0 aliphatic heterocycles. The molecule has 0 amide bonds. The van der Waals surface area contributed by atoms with Gasteiger partial charge in [-0.2, -0.15) is 0 Å². The molecule has 2 N–H and O–H groups in total. The fraction of sp³-hybridized carbons (Fsp3) is 0.133. The standard InChI is InChI=1S/C15H15NO3S/c1-11-3-2-4-12(9-11)16-20-14-7-5-13(6-8-14)19-10-15(17)18/h2-9,16H,10H2,1H3,(H,17,18). The van der Waals surface area contributed by atoms with Gasteiger partial charge in [0.2, 0.25) is 0 Å². The summed E-state index contributed by atoms with van der Waals surface area (Å²) in [7, 11) is 0. The van der Waals surface area contributed by atoms with E-state index in [2.05, 4.69) is 10.8 Å². The molecular formula is C15H15NO3S. The van der Waals surface area contributed by atoms with Gasteiger partial charge in [0.25, 0.3) is 0 Å². The van der Waals surface area contributed by atoms with Crippen LogP contribution in [0.25, 0.3) is 0 Å². The third-order valence-corrected chi connectivity index (χ3v) is 3.34. The molecule has 104 valence electrons. The molecule has 0 spiro atoms. The van der Waals surface area contributed by atoms with Gasteiger partial charge in [0.15, 0.2) is 6.61 Å². The lowest BCUT2D eigenvalue weighted by Crippen LogP contribution is -2.09. The van der Waals surface area contributed by atoms with E-state index in [1.54, 1.807) is 12.1 Å². The average molecular weight is 289 g/mol. The highest BCUT2D eigenvalue weighted by molar-refractivity contribution is 8.00. The summed E-state index contributed by atoms with van der Waals surface area (Å²) in [6.45, 7) is 1.72. The minimum atomic E-state index is -0.982. The van der Waals surface area contributed by atoms with E-state index in [0.717, 1.165) is 10.6 Å². The highest BCUT2D eigenvalue weighted by Crippen LogP contribution is 2.23. The molecule has 0 radical (unpaired) electrons. The van der Waals surface area contributed by atoms with Crippen LogP contribution in [-0.2, 0) is 4.79 Å². The number of aliphatic carboxylic acids is 1. The van der Waals surface area contributed by atoms with Gasteiger partial charge in [0.1, 0.15) is 5.75 Å². The zero-order valence-electron chi connectivity index (χ0n) is 11.0. The average Bonchev–Trinajstić information content (AvgIpc) is 2.44. The molecule has 2 aromatic rings. The molecular weight excluding hydrogens is 274 g/mol. The molecule has 0 aliphatic rings. The summed E-state index contributed by atoms with van der Waals surface area (Å²) in [5.74, 6) is -0.433. The summed E-state index contributed by atoms with van der Waals surface area (Å²) >= 11 is 1.49. The lowest BCUT2D eigenvalue weighted by molar-refractivity contribution is -0.139. The molecule has 2 rings (SSSR count). The first-order valence-electron chi connectivity index (χ1n) is 6.08. The summed E-state index contributed by atoms with van der Waals surface area (Å²) in [5, 5.41) is 8.52. The summed E-state index contributed by atoms with van der Waals surface area (Å²) in [6, 6.07) is 15.4. The number of ether oxygens (including phenoxy) is 1. The summed E-state index contributed by atoms with van der Waals surface area (Å²) < 4.78 is 8.32. The third kappa shape index (κ3) is 4.51. The summed E-state index contributed by atoms with van der Waals surface area (Å²) in [6.07, 6.45) is 0. The van der Waals surface area contributed by atoms with Crippen molar-refractivity contribution in [3.05, 3.63) is 54.1 Å². The number of carboxylic acids is 1. The van der Waals surface area contributed by atoms with Crippen LogP contribution in [0.5, 0.6) is 5.75 Å². The molecule has 0 heterocycles. The Morgan fingerprint density at radius 2 is 2.00 bits per heavy atom. The van der Waals surface area contributed by atoms with Crippen molar-refractivity contribution in [3.8, 4) is 5.75 Å². The first kappa shape index (κ1) is 14.3. The van der Waals surface area contributed by atoms with Crippen molar-refractivity contribution < 1.29 is 14.6 Å². The molecule has 5 heteroatoms. The molecule has 0 atom stereocenters. The Morgan fingerprint density at radius 3 is 2.65 bits per heavy atom. The second-order valence-electron chi connectivity index (χ2n) is 4.23. The van der Waals surface area contributed by atoms with Crippen molar-refractivity contribution >= 4 is 23.6 Å². The van der Waals surface area contributed by atoms with E-state index >= 15 is 0 Å². The van der Waals surface area contributed by atoms with Crippen LogP contribution in [0.3, 0.4) is 0 Å². The van der Waals surface area contributed by atoms with Gasteiger partial charge in [-0.3, -0.25) is 0 Å². The van der Waals surface area contributed by atoms with Crippen molar-refractivity contribution in [2.45, 2.75) is 11.8 Å². The summed E-state index contributed by atoms with van der Waals surface area (Å²) in [4.78, 5) is 11.4. The van der Waals surface area contributed by atoms with Gasteiger partial charge in [-0.25, -0.2) is 4.79 Å². The van der Waals surface area contributed by atoms with Gasteiger partial charge in [-0.15, -0.1) is 0 Å². The maximum atomic E-state index is 10.4. The highest BCUT2D eigenvalue weighted by atomic mass is 32.2. The number of carbonyl (C=O) groups is 1. The van der Waals surface area contributed by atoms with E-state index in [1.807, 2.05) is 37.3 Å². The fourth-order valence-electron chi connectivity index (χ4n) is 1.58. The van der Waals surface area contributed by atoms with Crippen LogP contribution in [-0.4, -0.2) is 17.7 Å². The van der Waals surface area contributed by atoms with Gasteiger partial charge >= 0.3 is 5.97 Å². The monoisotopic (exact) mass is 289 g/mol. The quantitative estimate of drug-likeness (QED) is 0.796. The Balaban J connectivity index is 1.89. The van der Waals surface area contributed by atoms with E-state index in [4.69, 9.17) is 9.84 Å². The SMILES string of the molecule is Cc1cccc(NSc2ccc(OCC(=O)O)cc2)c1. The normalized spacial score (nSPS) is 10.1. The van der Waals surface area contributed by atoms with E-state index in [-0.39, 0.29) is 6.61 Å². The number of rotatable bonds is 6. The van der Waals surface area contributed by atoms with E-state index in [9.17, 15) is 4.79 Å². The number of anilines is 1. The van der Waals surface area contributed by atoms with Crippen molar-refractivity contribution in [2.24, 2.45) is 0 Å². The van der Waals surface area contributed by atoms with Crippen LogP contribution >= 0.6 is 11.9 Å². The Bertz CT molecular complexity index is 584.